The number of carbonyl (C=O) groups excluding carboxylic acids is 1. The molecule has 1 rings (SSSR count). The van der Waals surface area contributed by atoms with Crippen LogP contribution in [0.3, 0.4) is 0 Å². The van der Waals surface area contributed by atoms with Crippen LogP contribution in [0.1, 0.15) is 12.8 Å². The number of carbonyl (C=O) groups is 1. The third-order valence-electron chi connectivity index (χ3n) is 3.06. The Balaban J connectivity index is 2.77. The minimum absolute atomic E-state index is 0.111. The largest absolute Gasteiger partial charge is 0.469 e. The van der Waals surface area contributed by atoms with Gasteiger partial charge in [-0.15, -0.1) is 26.8 Å². The Morgan fingerprint density at radius 3 is 2.60 bits per heavy atom. The first kappa shape index (κ1) is 21.3. The summed E-state index contributed by atoms with van der Waals surface area (Å²) in [7, 11) is 16.3. The quantitative estimate of drug-likeness (QED) is 0.468. The van der Waals surface area contributed by atoms with E-state index in [1.807, 2.05) is 0 Å². The van der Waals surface area contributed by atoms with Gasteiger partial charge in [0, 0.05) is 33.5 Å². The van der Waals surface area contributed by atoms with E-state index in [1.54, 1.807) is 0 Å². The van der Waals surface area contributed by atoms with Gasteiger partial charge in [-0.3, -0.25) is 14.6 Å². The summed E-state index contributed by atoms with van der Waals surface area (Å²) in [6.07, 6.45) is 1.59. The van der Waals surface area contributed by atoms with Crippen LogP contribution in [-0.2, 0) is 9.53 Å². The van der Waals surface area contributed by atoms with Crippen molar-refractivity contribution in [3.63, 3.8) is 0 Å². The summed E-state index contributed by atoms with van der Waals surface area (Å²) in [5, 5.41) is 3.70. The van der Waals surface area contributed by atoms with Gasteiger partial charge in [0.2, 0.25) is 0 Å². The molecule has 10 atom stereocenters. The lowest BCUT2D eigenvalue weighted by Gasteiger charge is -2.34. The second-order valence-corrected chi connectivity index (χ2v) is 28.2. The predicted molar refractivity (Wildman–Crippen MR) is 116 cm³/mol. The zero-order valence-electron chi connectivity index (χ0n) is 11.3. The number of hydrogen-bond donors (Lipinski definition) is 1. The van der Waals surface area contributed by atoms with Crippen LogP contribution in [0.25, 0.3) is 0 Å². The van der Waals surface area contributed by atoms with Crippen LogP contribution >= 0.6 is 74.5 Å². The highest BCUT2D eigenvalue weighted by Gasteiger charge is 2.39. The molecule has 1 fully saturated rings. The fraction of sp³-hybridized carbons (Fsp3) is 0.857. The minimum atomic E-state index is -0.281. The molecule has 1 heterocycles. The number of nitrogens with one attached hydrogen (secondary N) is 1. The molecule has 0 amide bonds. The summed E-state index contributed by atoms with van der Waals surface area (Å²) in [6, 6.07) is 0.644. The van der Waals surface area contributed by atoms with Crippen molar-refractivity contribution in [3.05, 3.63) is 0 Å². The Morgan fingerprint density at radius 2 is 2.10 bits per heavy atom. The maximum absolute atomic E-state index is 11.7. The van der Waals surface area contributed by atoms with Crippen LogP contribution in [0, 0.1) is 0 Å². The van der Waals surface area contributed by atoms with Crippen LogP contribution in [0.5, 0.6) is 0 Å². The molecule has 0 saturated carbocycles. The van der Waals surface area contributed by atoms with Crippen LogP contribution in [0.15, 0.2) is 0 Å². The van der Waals surface area contributed by atoms with Crippen LogP contribution < -0.4 is 5.09 Å². The van der Waals surface area contributed by atoms with Gasteiger partial charge < -0.3 is 4.74 Å². The maximum Gasteiger partial charge on any atom is 0.307 e. The summed E-state index contributed by atoms with van der Waals surface area (Å²) in [5.41, 5.74) is 0. The van der Waals surface area contributed by atoms with Crippen molar-refractivity contribution >= 4 is 80.5 Å². The number of ether oxygens (including phenoxy) is 1. The Bertz CT molecular complexity index is 323. The Morgan fingerprint density at radius 1 is 1.45 bits per heavy atom. The Labute approximate surface area is 138 Å². The summed E-state index contributed by atoms with van der Waals surface area (Å²) in [4.78, 5) is 11.7. The molecule has 0 spiro atoms. The molecule has 1 saturated heterocycles. The van der Waals surface area contributed by atoms with Gasteiger partial charge in [0.15, 0.2) is 0 Å². The van der Waals surface area contributed by atoms with Crippen LogP contribution in [0.2, 0.25) is 0 Å². The number of esters is 1. The molecule has 0 aromatic heterocycles. The maximum atomic E-state index is 11.7. The van der Waals surface area contributed by atoms with Gasteiger partial charge in [-0.2, -0.15) is 0 Å². The van der Waals surface area contributed by atoms with Crippen molar-refractivity contribution in [1.82, 2.24) is 9.76 Å². The Hall–Kier alpha value is 3.26. The van der Waals surface area contributed by atoms with E-state index in [0.717, 1.165) is 20.9 Å². The summed E-state index contributed by atoms with van der Waals surface area (Å²) in [6.45, 7) is 0.893. The van der Waals surface area contributed by atoms with Gasteiger partial charge in [-0.1, -0.05) is 25.8 Å². The molecule has 0 aromatic rings. The highest BCUT2D eigenvalue weighted by atomic mass is 32.8. The van der Waals surface area contributed by atoms with Gasteiger partial charge in [-0.05, 0) is 13.4 Å². The van der Waals surface area contributed by atoms with E-state index in [0.29, 0.717) is 12.5 Å². The summed E-state index contributed by atoms with van der Waals surface area (Å²) < 4.78 is 7.38. The van der Waals surface area contributed by atoms with Gasteiger partial charge >= 0.3 is 5.97 Å². The third kappa shape index (κ3) is 6.64. The zero-order valence-corrected chi connectivity index (χ0v) is 20.7. The van der Waals surface area contributed by atoms with E-state index in [2.05, 4.69) is 54.4 Å². The first-order valence-corrected chi connectivity index (χ1v) is 20.7. The van der Waals surface area contributed by atoms with Crippen molar-refractivity contribution in [2.24, 2.45) is 0 Å². The molecule has 20 heavy (non-hydrogen) atoms. The van der Waals surface area contributed by atoms with Crippen molar-refractivity contribution < 1.29 is 9.53 Å². The van der Waals surface area contributed by atoms with Crippen LogP contribution in [-0.4, -0.2) is 36.4 Å². The fourth-order valence-electron chi connectivity index (χ4n) is 2.09. The molecule has 0 aromatic carbocycles. The molecular weight excluding hydrogens is 423 g/mol. The standard InChI is InChI=1S/C7H23N2O2P9/c1-11-7(10)4-6-5(8-18(13)17-12)2-3-9(6)19(14)20(15)16/h5-6,8,17H,2-4,12-16H2,1H3. The molecule has 1 aliphatic rings. The lowest BCUT2D eigenvalue weighted by Crippen LogP contribution is -2.39. The smallest absolute Gasteiger partial charge is 0.307 e. The second kappa shape index (κ2) is 11.0. The molecule has 4 nitrogen and oxygen atoms in total. The zero-order chi connectivity index (χ0) is 15.3. The third-order valence-corrected chi connectivity index (χ3v) is 28.1. The number of rotatable bonds is 7. The SMILES string of the molecule is COC(=O)CC1C(NP(P)PP)CCN1P(P)P(P)P. The summed E-state index contributed by atoms with van der Waals surface area (Å²) >= 11 is 0. The highest BCUT2D eigenvalue weighted by molar-refractivity contribution is 8.81. The molecule has 10 unspecified atom stereocenters. The van der Waals surface area contributed by atoms with E-state index in [9.17, 15) is 4.79 Å². The lowest BCUT2D eigenvalue weighted by atomic mass is 10.1. The van der Waals surface area contributed by atoms with E-state index in [1.165, 1.54) is 7.11 Å². The van der Waals surface area contributed by atoms with Gasteiger partial charge in [0.25, 0.3) is 0 Å². The molecule has 0 radical (unpaired) electrons. The fourth-order valence-corrected chi connectivity index (χ4v) is 10.6. The van der Waals surface area contributed by atoms with Gasteiger partial charge in [0.05, 0.1) is 13.5 Å². The molecule has 1 aliphatic heterocycles. The Kier molecular flexibility index (Phi) is 11.7. The van der Waals surface area contributed by atoms with Crippen molar-refractivity contribution in [2.45, 2.75) is 24.9 Å². The van der Waals surface area contributed by atoms with Crippen LogP contribution in [0.4, 0.5) is 0 Å². The van der Waals surface area contributed by atoms with Crippen molar-refractivity contribution in [1.29, 1.82) is 0 Å². The van der Waals surface area contributed by atoms with Crippen molar-refractivity contribution in [2.75, 3.05) is 13.7 Å². The topological polar surface area (TPSA) is 41.6 Å². The first-order chi connectivity index (χ1) is 9.40. The van der Waals surface area contributed by atoms with Gasteiger partial charge in [0.1, 0.15) is 0 Å². The van der Waals surface area contributed by atoms with E-state index >= 15 is 0 Å². The number of methoxy groups -OCH3 is 1. The molecule has 0 aliphatic carbocycles. The van der Waals surface area contributed by atoms with E-state index < -0.39 is 0 Å². The first-order valence-electron chi connectivity index (χ1n) is 5.85. The molecule has 13 heteroatoms. The van der Waals surface area contributed by atoms with E-state index in [-0.39, 0.29) is 33.9 Å². The second-order valence-electron chi connectivity index (χ2n) is 4.23. The number of nitrogens with zero attached hydrogens (tertiary/aromatic N) is 1. The van der Waals surface area contributed by atoms with Crippen molar-refractivity contribution in [3.8, 4) is 0 Å². The van der Waals surface area contributed by atoms with E-state index in [4.69, 9.17) is 4.74 Å². The lowest BCUT2D eigenvalue weighted by molar-refractivity contribution is -0.141. The van der Waals surface area contributed by atoms with Gasteiger partial charge in [-0.25, -0.2) is 0 Å². The normalized spacial score (nSPS) is 27.4. The average molecular weight is 446 g/mol. The molecular formula is C7H23N2O2P9. The molecule has 118 valence electrons. The average Bonchev–Trinajstić information content (AvgIpc) is 2.80. The summed E-state index contributed by atoms with van der Waals surface area (Å²) in [5.74, 6) is -0.111. The number of hydrogen-bond acceptors (Lipinski definition) is 4. The molecule has 0 bridgehead atoms. The monoisotopic (exact) mass is 446 g/mol. The molecule has 1 N–H and O–H groups in total. The minimum Gasteiger partial charge on any atom is -0.469 e. The predicted octanol–water partition coefficient (Wildman–Crippen LogP) is 4.32. The highest BCUT2D eigenvalue weighted by Crippen LogP contribution is 2.85.